The van der Waals surface area contributed by atoms with E-state index in [4.69, 9.17) is 14.5 Å². The number of aromatic nitrogens is 2. The second-order valence-electron chi connectivity index (χ2n) is 4.22. The molecular weight excluding hydrogens is 293 g/mol. The highest BCUT2D eigenvalue weighted by Gasteiger charge is 2.25. The third-order valence-electron chi connectivity index (χ3n) is 2.50. The van der Waals surface area contributed by atoms with Gasteiger partial charge in [-0.3, -0.25) is 14.0 Å². The number of hydrogen-bond donors (Lipinski definition) is 4. The van der Waals surface area contributed by atoms with Crippen molar-refractivity contribution in [2.75, 3.05) is 18.4 Å². The third kappa shape index (κ3) is 4.10. The Kier molecular flexibility index (Phi) is 4.53. The van der Waals surface area contributed by atoms with Crippen LogP contribution in [0.3, 0.4) is 0 Å². The normalized spacial score (nSPS) is 22.9. The number of ether oxygens (including phenoxy) is 1. The number of rotatable bonds is 5. The maximum atomic E-state index is 11.7. The highest BCUT2D eigenvalue weighted by molar-refractivity contribution is 7.51. The minimum absolute atomic E-state index is 0.0123. The number of aliphatic hydroxyl groups is 1. The fraction of sp³-hybridized carbons (Fsp3) is 0.556. The summed E-state index contributed by atoms with van der Waals surface area (Å²) in [4.78, 5) is 37.0. The highest BCUT2D eigenvalue weighted by atomic mass is 31.2. The van der Waals surface area contributed by atoms with Gasteiger partial charge in [0, 0.05) is 12.6 Å². The molecule has 2 heterocycles. The number of nitrogens with zero attached hydrogens (tertiary/aromatic N) is 2. The summed E-state index contributed by atoms with van der Waals surface area (Å²) in [6, 6.07) is 1.38. The summed E-state index contributed by atoms with van der Waals surface area (Å²) >= 11 is 0. The van der Waals surface area contributed by atoms with Crippen LogP contribution in [0.4, 0.5) is 5.82 Å². The second kappa shape index (κ2) is 6.00. The van der Waals surface area contributed by atoms with Gasteiger partial charge in [-0.2, -0.15) is 4.98 Å². The molecule has 1 aromatic heterocycles. The van der Waals surface area contributed by atoms with Gasteiger partial charge in [-0.25, -0.2) is 10.3 Å². The molecule has 4 N–H and O–H groups in total. The summed E-state index contributed by atoms with van der Waals surface area (Å²) < 4.78 is 17.0. The van der Waals surface area contributed by atoms with E-state index in [1.807, 2.05) is 0 Å². The summed E-state index contributed by atoms with van der Waals surface area (Å²) in [6.45, 7) is 0.155. The molecule has 1 aliphatic rings. The van der Waals surface area contributed by atoms with Crippen molar-refractivity contribution in [1.82, 2.24) is 9.55 Å². The zero-order valence-corrected chi connectivity index (χ0v) is 11.1. The lowest BCUT2D eigenvalue weighted by Gasteiger charge is -2.13. The van der Waals surface area contributed by atoms with E-state index in [2.05, 4.69) is 15.3 Å². The topological polar surface area (TPSA) is 143 Å². The first-order valence-electron chi connectivity index (χ1n) is 5.66. The monoisotopic (exact) mass is 307 g/mol. The van der Waals surface area contributed by atoms with Crippen LogP contribution >= 0.6 is 7.60 Å². The molecule has 11 heteroatoms. The summed E-state index contributed by atoms with van der Waals surface area (Å²) in [6.07, 6.45) is -0.341. The Bertz CT molecular complexity index is 571. The van der Waals surface area contributed by atoms with Crippen molar-refractivity contribution < 1.29 is 29.0 Å². The lowest BCUT2D eigenvalue weighted by molar-refractivity contribution is 0.0447. The van der Waals surface area contributed by atoms with Crippen molar-refractivity contribution >= 4 is 13.4 Å². The van der Waals surface area contributed by atoms with Gasteiger partial charge >= 0.3 is 13.3 Å². The largest absolute Gasteiger partial charge is 0.391 e. The quantitative estimate of drug-likeness (QED) is 0.398. The summed E-state index contributed by atoms with van der Waals surface area (Å²) in [5, 5.41) is 9.33. The van der Waals surface area contributed by atoms with Crippen LogP contribution in [0.15, 0.2) is 17.1 Å². The van der Waals surface area contributed by atoms with E-state index in [1.54, 1.807) is 0 Å². The number of aliphatic hydroxyl groups excluding tert-OH is 1. The van der Waals surface area contributed by atoms with Crippen LogP contribution in [0.1, 0.15) is 12.6 Å². The average molecular weight is 307 g/mol. The van der Waals surface area contributed by atoms with Gasteiger partial charge in [0.2, 0.25) is 0 Å². The smallest absolute Gasteiger partial charge is 0.353 e. The Hall–Kier alpha value is -1.29. The van der Waals surface area contributed by atoms with Crippen molar-refractivity contribution in [3.05, 3.63) is 22.7 Å². The predicted octanol–water partition coefficient (Wildman–Crippen LogP) is -0.998. The van der Waals surface area contributed by atoms with E-state index in [9.17, 15) is 14.5 Å². The third-order valence-corrected chi connectivity index (χ3v) is 2.97. The average Bonchev–Trinajstić information content (AvgIpc) is 2.74. The van der Waals surface area contributed by atoms with E-state index in [0.717, 1.165) is 0 Å². The molecule has 0 amide bonds. The van der Waals surface area contributed by atoms with Gasteiger partial charge in [0.05, 0.1) is 12.7 Å². The van der Waals surface area contributed by atoms with Crippen LogP contribution in [-0.4, -0.2) is 43.5 Å². The van der Waals surface area contributed by atoms with E-state index in [-0.39, 0.29) is 12.4 Å². The Balaban J connectivity index is 1.99. The van der Waals surface area contributed by atoms with Gasteiger partial charge in [-0.15, -0.1) is 0 Å². The van der Waals surface area contributed by atoms with Crippen LogP contribution in [0.5, 0.6) is 0 Å². The molecule has 1 unspecified atom stereocenters. The minimum Gasteiger partial charge on any atom is -0.391 e. The van der Waals surface area contributed by atoms with E-state index in [0.29, 0.717) is 6.42 Å². The maximum absolute atomic E-state index is 11.7. The SMILES string of the molecule is O=c1nc(NOCP(=O)(O)O)ccn1C1C[C@H](O)CO1. The van der Waals surface area contributed by atoms with E-state index in [1.165, 1.54) is 16.8 Å². The van der Waals surface area contributed by atoms with Crippen molar-refractivity contribution in [2.24, 2.45) is 0 Å². The molecule has 0 aliphatic carbocycles. The first-order valence-corrected chi connectivity index (χ1v) is 7.46. The summed E-state index contributed by atoms with van der Waals surface area (Å²) in [5.41, 5.74) is 1.53. The van der Waals surface area contributed by atoms with Crippen LogP contribution in [0.25, 0.3) is 0 Å². The van der Waals surface area contributed by atoms with Gasteiger partial charge < -0.3 is 19.6 Å². The predicted molar refractivity (Wildman–Crippen MR) is 65.7 cm³/mol. The fourth-order valence-electron chi connectivity index (χ4n) is 1.66. The molecule has 20 heavy (non-hydrogen) atoms. The molecule has 112 valence electrons. The molecule has 0 aromatic carbocycles. The van der Waals surface area contributed by atoms with Gasteiger partial charge in [-0.1, -0.05) is 0 Å². The van der Waals surface area contributed by atoms with Crippen molar-refractivity contribution in [2.45, 2.75) is 18.8 Å². The summed E-state index contributed by atoms with van der Waals surface area (Å²) in [5.74, 6) is 0.0123. The molecule has 2 atom stereocenters. The molecule has 2 rings (SSSR count). The van der Waals surface area contributed by atoms with Gasteiger partial charge in [0.25, 0.3) is 0 Å². The number of anilines is 1. The molecule has 1 aromatic rings. The van der Waals surface area contributed by atoms with Crippen LogP contribution in [0, 0.1) is 0 Å². The highest BCUT2D eigenvalue weighted by Crippen LogP contribution is 2.33. The molecule has 0 bridgehead atoms. The standard InChI is InChI=1S/C9H14N3O7P/c13-6-3-8(18-4-6)12-2-1-7(10-9(12)14)11-19-5-20(15,16)17/h1-2,6,8,13H,3-5H2,(H,10,11,14)(H2,15,16,17)/t6-,8?/m0/s1. The van der Waals surface area contributed by atoms with Crippen LogP contribution < -0.4 is 11.2 Å². The Morgan fingerprint density at radius 3 is 2.90 bits per heavy atom. The molecule has 0 spiro atoms. The Morgan fingerprint density at radius 2 is 2.35 bits per heavy atom. The molecule has 0 saturated carbocycles. The second-order valence-corrected chi connectivity index (χ2v) is 5.81. The Labute approximate surface area is 113 Å². The molecule has 1 fully saturated rings. The van der Waals surface area contributed by atoms with E-state index >= 15 is 0 Å². The van der Waals surface area contributed by atoms with Crippen LogP contribution in [0.2, 0.25) is 0 Å². The fourth-order valence-corrected chi connectivity index (χ4v) is 1.90. The van der Waals surface area contributed by atoms with Crippen LogP contribution in [-0.2, 0) is 14.1 Å². The molecule has 0 radical (unpaired) electrons. The number of nitrogens with one attached hydrogen (secondary N) is 1. The lowest BCUT2D eigenvalue weighted by atomic mass is 10.3. The maximum Gasteiger partial charge on any atom is 0.353 e. The lowest BCUT2D eigenvalue weighted by Crippen LogP contribution is -2.27. The molecule has 10 nitrogen and oxygen atoms in total. The zero-order chi connectivity index (χ0) is 14.8. The van der Waals surface area contributed by atoms with Gasteiger partial charge in [-0.05, 0) is 6.07 Å². The number of hydrogen-bond acceptors (Lipinski definition) is 7. The zero-order valence-electron chi connectivity index (χ0n) is 10.2. The molecule has 1 saturated heterocycles. The summed E-state index contributed by atoms with van der Waals surface area (Å²) in [7, 11) is -4.29. The van der Waals surface area contributed by atoms with E-state index < -0.39 is 32.0 Å². The van der Waals surface area contributed by atoms with Gasteiger partial charge in [0.15, 0.2) is 12.2 Å². The first kappa shape index (κ1) is 15.1. The van der Waals surface area contributed by atoms with Crippen molar-refractivity contribution in [1.29, 1.82) is 0 Å². The molecule has 1 aliphatic heterocycles. The van der Waals surface area contributed by atoms with Gasteiger partial charge in [0.1, 0.15) is 6.23 Å². The minimum atomic E-state index is -4.29. The Morgan fingerprint density at radius 1 is 1.60 bits per heavy atom. The van der Waals surface area contributed by atoms with Crippen molar-refractivity contribution in [3.8, 4) is 0 Å². The van der Waals surface area contributed by atoms with Crippen molar-refractivity contribution in [3.63, 3.8) is 0 Å². The first-order chi connectivity index (χ1) is 9.35. The molecular formula is C9H14N3O7P.